The van der Waals surface area contributed by atoms with Gasteiger partial charge in [0.05, 0.1) is 0 Å². The van der Waals surface area contributed by atoms with Crippen LogP contribution in [0.25, 0.3) is 22.6 Å². The summed E-state index contributed by atoms with van der Waals surface area (Å²) in [5, 5.41) is 2.83. The average molecular weight is 310 g/mol. The van der Waals surface area contributed by atoms with Crippen molar-refractivity contribution in [2.75, 3.05) is 19.0 Å². The van der Waals surface area contributed by atoms with E-state index < -0.39 is 0 Å². The number of carbonyl (C=O) groups is 1. The standard InChI is InChI=1S/C18H18N2O3/c1-11-6-4-9-15-17(11)20-18(23-15)13-7-5-8-14(12(13)2)19-16(21)10-22-3/h4-9H,10H2,1-3H3,(H,19,21). The van der Waals surface area contributed by atoms with Crippen molar-refractivity contribution in [2.45, 2.75) is 13.8 Å². The normalized spacial score (nSPS) is 10.9. The molecule has 3 rings (SSSR count). The lowest BCUT2D eigenvalue weighted by Gasteiger charge is -2.10. The van der Waals surface area contributed by atoms with Crippen molar-refractivity contribution in [3.63, 3.8) is 0 Å². The number of nitrogens with one attached hydrogen (secondary N) is 1. The van der Waals surface area contributed by atoms with Gasteiger partial charge in [-0.1, -0.05) is 18.2 Å². The molecule has 0 radical (unpaired) electrons. The Morgan fingerprint density at radius 3 is 2.74 bits per heavy atom. The molecule has 23 heavy (non-hydrogen) atoms. The molecule has 0 aliphatic heterocycles. The second kappa shape index (κ2) is 6.22. The molecule has 1 amide bonds. The Morgan fingerprint density at radius 1 is 1.22 bits per heavy atom. The number of amides is 1. The van der Waals surface area contributed by atoms with Crippen molar-refractivity contribution in [3.05, 3.63) is 47.5 Å². The Morgan fingerprint density at radius 2 is 2.00 bits per heavy atom. The molecule has 3 aromatic rings. The van der Waals surface area contributed by atoms with Crippen LogP contribution >= 0.6 is 0 Å². The van der Waals surface area contributed by atoms with Gasteiger partial charge in [0.1, 0.15) is 12.1 Å². The smallest absolute Gasteiger partial charge is 0.250 e. The number of anilines is 1. The fraction of sp³-hybridized carbons (Fsp3) is 0.222. The zero-order chi connectivity index (χ0) is 16.4. The molecule has 0 atom stereocenters. The van der Waals surface area contributed by atoms with Crippen LogP contribution in [0.15, 0.2) is 40.8 Å². The first-order chi connectivity index (χ1) is 11.1. The maximum atomic E-state index is 11.7. The molecule has 0 saturated heterocycles. The van der Waals surface area contributed by atoms with Crippen LogP contribution < -0.4 is 5.32 Å². The number of hydrogen-bond donors (Lipinski definition) is 1. The number of aryl methyl sites for hydroxylation is 1. The number of oxazole rings is 1. The summed E-state index contributed by atoms with van der Waals surface area (Å²) in [7, 11) is 1.49. The first-order valence-corrected chi connectivity index (χ1v) is 7.35. The lowest BCUT2D eigenvalue weighted by Crippen LogP contribution is -2.17. The topological polar surface area (TPSA) is 64.4 Å². The van der Waals surface area contributed by atoms with Crippen LogP contribution in [0.5, 0.6) is 0 Å². The van der Waals surface area contributed by atoms with Crippen LogP contribution in [-0.2, 0) is 9.53 Å². The zero-order valence-electron chi connectivity index (χ0n) is 13.3. The van der Waals surface area contributed by atoms with E-state index in [1.165, 1.54) is 7.11 Å². The van der Waals surface area contributed by atoms with E-state index in [2.05, 4.69) is 10.3 Å². The molecule has 1 N–H and O–H groups in total. The third-order valence-corrected chi connectivity index (χ3v) is 3.73. The van der Waals surface area contributed by atoms with E-state index in [1.807, 2.05) is 50.2 Å². The van der Waals surface area contributed by atoms with Crippen molar-refractivity contribution >= 4 is 22.7 Å². The molecular weight excluding hydrogens is 292 g/mol. The maximum Gasteiger partial charge on any atom is 0.250 e. The highest BCUT2D eigenvalue weighted by Crippen LogP contribution is 2.31. The van der Waals surface area contributed by atoms with Gasteiger partial charge in [-0.25, -0.2) is 4.98 Å². The van der Waals surface area contributed by atoms with Crippen molar-refractivity contribution in [1.82, 2.24) is 4.98 Å². The van der Waals surface area contributed by atoms with Crippen molar-refractivity contribution in [3.8, 4) is 11.5 Å². The molecule has 0 bridgehead atoms. The minimum atomic E-state index is -0.193. The van der Waals surface area contributed by atoms with Gasteiger partial charge < -0.3 is 14.5 Å². The van der Waals surface area contributed by atoms with Gasteiger partial charge in [-0.3, -0.25) is 4.79 Å². The number of benzene rings is 2. The Balaban J connectivity index is 2.02. The molecule has 0 saturated carbocycles. The van der Waals surface area contributed by atoms with Gasteiger partial charge in [0.15, 0.2) is 5.58 Å². The number of rotatable bonds is 4. The number of aromatic nitrogens is 1. The lowest BCUT2D eigenvalue weighted by atomic mass is 10.1. The predicted octanol–water partition coefficient (Wildman–Crippen LogP) is 3.70. The molecule has 2 aromatic carbocycles. The highest BCUT2D eigenvalue weighted by molar-refractivity contribution is 5.93. The van der Waals surface area contributed by atoms with Gasteiger partial charge in [0.2, 0.25) is 11.8 Å². The summed E-state index contributed by atoms with van der Waals surface area (Å²) in [6.45, 7) is 3.95. The van der Waals surface area contributed by atoms with Crippen LogP contribution in [0.4, 0.5) is 5.69 Å². The minimum Gasteiger partial charge on any atom is -0.436 e. The number of para-hydroxylation sites is 1. The summed E-state index contributed by atoms with van der Waals surface area (Å²) in [5.74, 6) is 0.357. The fourth-order valence-corrected chi connectivity index (χ4v) is 2.52. The first kappa shape index (κ1) is 15.2. The summed E-state index contributed by atoms with van der Waals surface area (Å²) in [5.41, 5.74) is 5.17. The number of ether oxygens (including phenoxy) is 1. The average Bonchev–Trinajstić information content (AvgIpc) is 2.95. The number of methoxy groups -OCH3 is 1. The quantitative estimate of drug-likeness (QED) is 0.798. The van der Waals surface area contributed by atoms with Gasteiger partial charge >= 0.3 is 0 Å². The van der Waals surface area contributed by atoms with Crippen molar-refractivity contribution in [2.24, 2.45) is 0 Å². The van der Waals surface area contributed by atoms with Crippen LogP contribution in [0.3, 0.4) is 0 Å². The largest absolute Gasteiger partial charge is 0.436 e. The summed E-state index contributed by atoms with van der Waals surface area (Å²) in [4.78, 5) is 16.3. The third kappa shape index (κ3) is 2.96. The highest BCUT2D eigenvalue weighted by atomic mass is 16.5. The summed E-state index contributed by atoms with van der Waals surface area (Å²) in [6, 6.07) is 11.5. The summed E-state index contributed by atoms with van der Waals surface area (Å²) < 4.78 is 10.7. The first-order valence-electron chi connectivity index (χ1n) is 7.35. The second-order valence-electron chi connectivity index (χ2n) is 5.40. The molecule has 1 aromatic heterocycles. The molecule has 0 fully saturated rings. The summed E-state index contributed by atoms with van der Waals surface area (Å²) in [6.07, 6.45) is 0. The van der Waals surface area contributed by atoms with E-state index in [0.29, 0.717) is 5.89 Å². The maximum absolute atomic E-state index is 11.7. The van der Waals surface area contributed by atoms with E-state index in [0.717, 1.165) is 33.5 Å². The van der Waals surface area contributed by atoms with Crippen LogP contribution in [0.1, 0.15) is 11.1 Å². The Bertz CT molecular complexity index is 868. The van der Waals surface area contributed by atoms with Gasteiger partial charge in [-0.2, -0.15) is 0 Å². The number of carbonyl (C=O) groups excluding carboxylic acids is 1. The predicted molar refractivity (Wildman–Crippen MR) is 89.4 cm³/mol. The van der Waals surface area contributed by atoms with Gasteiger partial charge in [0, 0.05) is 18.4 Å². The monoisotopic (exact) mass is 310 g/mol. The number of nitrogens with zero attached hydrogens (tertiary/aromatic N) is 1. The molecule has 0 aliphatic carbocycles. The van der Waals surface area contributed by atoms with Gasteiger partial charge in [0.25, 0.3) is 0 Å². The van der Waals surface area contributed by atoms with Gasteiger partial charge in [-0.05, 0) is 43.2 Å². The lowest BCUT2D eigenvalue weighted by molar-refractivity contribution is -0.119. The number of hydrogen-bond acceptors (Lipinski definition) is 4. The van der Waals surface area contributed by atoms with Gasteiger partial charge in [-0.15, -0.1) is 0 Å². The molecule has 0 aliphatic rings. The second-order valence-corrected chi connectivity index (χ2v) is 5.40. The molecule has 1 heterocycles. The molecule has 0 unspecified atom stereocenters. The van der Waals surface area contributed by atoms with Crippen molar-refractivity contribution in [1.29, 1.82) is 0 Å². The minimum absolute atomic E-state index is 0.0196. The SMILES string of the molecule is COCC(=O)Nc1cccc(-c2nc3c(C)cccc3o2)c1C. The number of fused-ring (bicyclic) bond motifs is 1. The van der Waals surface area contributed by atoms with Crippen LogP contribution in [0.2, 0.25) is 0 Å². The third-order valence-electron chi connectivity index (χ3n) is 3.73. The Hall–Kier alpha value is -2.66. The fourth-order valence-electron chi connectivity index (χ4n) is 2.52. The van der Waals surface area contributed by atoms with E-state index in [4.69, 9.17) is 9.15 Å². The highest BCUT2D eigenvalue weighted by Gasteiger charge is 2.14. The van der Waals surface area contributed by atoms with Crippen molar-refractivity contribution < 1.29 is 13.9 Å². The van der Waals surface area contributed by atoms with E-state index in [-0.39, 0.29) is 12.5 Å². The Labute approximate surface area is 134 Å². The molecular formula is C18H18N2O3. The molecule has 5 heteroatoms. The molecule has 118 valence electrons. The van der Waals surface area contributed by atoms with E-state index in [9.17, 15) is 4.79 Å². The molecule has 0 spiro atoms. The van der Waals surface area contributed by atoms with E-state index in [1.54, 1.807) is 0 Å². The van der Waals surface area contributed by atoms with Crippen LogP contribution in [-0.4, -0.2) is 24.6 Å². The zero-order valence-corrected chi connectivity index (χ0v) is 13.3. The Kier molecular flexibility index (Phi) is 4.12. The summed E-state index contributed by atoms with van der Waals surface area (Å²) >= 11 is 0. The van der Waals surface area contributed by atoms with Crippen LogP contribution in [0, 0.1) is 13.8 Å². The van der Waals surface area contributed by atoms with E-state index >= 15 is 0 Å². The molecule has 5 nitrogen and oxygen atoms in total.